The lowest BCUT2D eigenvalue weighted by Crippen LogP contribution is -2.16. The van der Waals surface area contributed by atoms with Crippen LogP contribution in [0.1, 0.15) is 112 Å². The van der Waals surface area contributed by atoms with E-state index < -0.39 is 17.6 Å². The number of hydrogen-bond acceptors (Lipinski definition) is 2. The van der Waals surface area contributed by atoms with Crippen LogP contribution in [0.25, 0.3) is 0 Å². The lowest BCUT2D eigenvalue weighted by Gasteiger charge is -2.28. The number of esters is 1. The molecule has 192 valence electrons. The molecule has 0 aromatic heterocycles. The molecule has 0 heterocycles. The van der Waals surface area contributed by atoms with Crippen LogP contribution in [0.15, 0.2) is 36.4 Å². The van der Waals surface area contributed by atoms with Gasteiger partial charge in [0.1, 0.15) is 5.75 Å². The molecular formula is C31H42F2O2. The molecule has 0 N–H and O–H groups in total. The minimum atomic E-state index is -1.11. The number of rotatable bonds is 13. The van der Waals surface area contributed by atoms with Crippen molar-refractivity contribution in [3.63, 3.8) is 0 Å². The number of carbonyl (C=O) groups is 1. The molecule has 2 nitrogen and oxygen atoms in total. The van der Waals surface area contributed by atoms with E-state index in [-0.39, 0.29) is 5.56 Å². The van der Waals surface area contributed by atoms with Gasteiger partial charge in [0.05, 0.1) is 5.56 Å². The lowest BCUT2D eigenvalue weighted by molar-refractivity contribution is 0.0728. The van der Waals surface area contributed by atoms with Crippen LogP contribution >= 0.6 is 0 Å². The van der Waals surface area contributed by atoms with Gasteiger partial charge in [0, 0.05) is 0 Å². The van der Waals surface area contributed by atoms with Crippen molar-refractivity contribution in [3.05, 3.63) is 64.7 Å². The Bertz CT molecular complexity index is 914. The van der Waals surface area contributed by atoms with Crippen molar-refractivity contribution in [2.45, 2.75) is 104 Å². The molecule has 1 saturated carbocycles. The third kappa shape index (κ3) is 8.44. The minimum Gasteiger partial charge on any atom is -0.423 e. The van der Waals surface area contributed by atoms with E-state index in [9.17, 15) is 13.6 Å². The van der Waals surface area contributed by atoms with Crippen LogP contribution in [-0.4, -0.2) is 5.97 Å². The van der Waals surface area contributed by atoms with Gasteiger partial charge in [0.15, 0.2) is 11.6 Å². The fourth-order valence-corrected chi connectivity index (χ4v) is 5.26. The van der Waals surface area contributed by atoms with Crippen molar-refractivity contribution in [1.82, 2.24) is 0 Å². The summed E-state index contributed by atoms with van der Waals surface area (Å²) in [5.74, 6) is -1.14. The van der Waals surface area contributed by atoms with Gasteiger partial charge in [0.25, 0.3) is 0 Å². The zero-order valence-corrected chi connectivity index (χ0v) is 21.6. The molecule has 4 heteroatoms. The third-order valence-electron chi connectivity index (χ3n) is 7.59. The van der Waals surface area contributed by atoms with Gasteiger partial charge in [-0.2, -0.15) is 0 Å². The van der Waals surface area contributed by atoms with Crippen molar-refractivity contribution < 1.29 is 18.3 Å². The SMILES string of the molecule is CCCCCc1ccc(OC(=O)c2ccc(CCC3CCC(CCCCC)CC3)c(F)c2F)cc1. The smallest absolute Gasteiger partial charge is 0.346 e. The Hall–Kier alpha value is -2.23. The van der Waals surface area contributed by atoms with Crippen LogP contribution in [0.2, 0.25) is 0 Å². The van der Waals surface area contributed by atoms with Gasteiger partial charge in [-0.05, 0) is 66.8 Å². The molecule has 2 aromatic carbocycles. The number of aryl methyl sites for hydroxylation is 2. The molecule has 0 amide bonds. The highest BCUT2D eigenvalue weighted by Crippen LogP contribution is 2.34. The van der Waals surface area contributed by atoms with Gasteiger partial charge < -0.3 is 4.74 Å². The highest BCUT2D eigenvalue weighted by molar-refractivity contribution is 5.91. The summed E-state index contributed by atoms with van der Waals surface area (Å²) < 4.78 is 34.8. The van der Waals surface area contributed by atoms with Crippen LogP contribution in [-0.2, 0) is 12.8 Å². The van der Waals surface area contributed by atoms with Crippen molar-refractivity contribution >= 4 is 5.97 Å². The summed E-state index contributed by atoms with van der Waals surface area (Å²) in [6.45, 7) is 4.40. The van der Waals surface area contributed by atoms with E-state index in [0.717, 1.165) is 31.6 Å². The fraction of sp³-hybridized carbons (Fsp3) is 0.581. The number of carbonyl (C=O) groups excluding carboxylic acids is 1. The second kappa shape index (κ2) is 14.4. The summed E-state index contributed by atoms with van der Waals surface area (Å²) >= 11 is 0. The fourth-order valence-electron chi connectivity index (χ4n) is 5.26. The Balaban J connectivity index is 1.49. The maximum absolute atomic E-state index is 14.8. The molecule has 3 rings (SSSR count). The molecule has 0 bridgehead atoms. The van der Waals surface area contributed by atoms with Crippen LogP contribution in [0.5, 0.6) is 5.75 Å². The summed E-state index contributed by atoms with van der Waals surface area (Å²) in [5.41, 5.74) is 1.16. The predicted molar refractivity (Wildman–Crippen MR) is 139 cm³/mol. The summed E-state index contributed by atoms with van der Waals surface area (Å²) in [6.07, 6.45) is 15.9. The zero-order chi connectivity index (χ0) is 25.0. The second-order valence-corrected chi connectivity index (χ2v) is 10.3. The van der Waals surface area contributed by atoms with Crippen molar-refractivity contribution in [1.29, 1.82) is 0 Å². The van der Waals surface area contributed by atoms with Crippen LogP contribution < -0.4 is 4.74 Å². The first-order valence-electron chi connectivity index (χ1n) is 13.8. The van der Waals surface area contributed by atoms with Gasteiger partial charge in [-0.3, -0.25) is 0 Å². The highest BCUT2D eigenvalue weighted by atomic mass is 19.2. The van der Waals surface area contributed by atoms with E-state index in [0.29, 0.717) is 23.7 Å². The number of ether oxygens (including phenoxy) is 1. The molecule has 0 saturated heterocycles. The molecule has 1 fully saturated rings. The molecule has 0 radical (unpaired) electrons. The molecule has 0 unspecified atom stereocenters. The topological polar surface area (TPSA) is 26.3 Å². The molecular weight excluding hydrogens is 442 g/mol. The largest absolute Gasteiger partial charge is 0.423 e. The first-order chi connectivity index (χ1) is 17.0. The molecule has 0 atom stereocenters. The Morgan fingerprint density at radius 1 is 0.771 bits per heavy atom. The van der Waals surface area contributed by atoms with Crippen molar-refractivity contribution in [3.8, 4) is 5.75 Å². The van der Waals surface area contributed by atoms with E-state index in [4.69, 9.17) is 4.74 Å². The maximum atomic E-state index is 14.8. The normalized spacial score (nSPS) is 17.9. The van der Waals surface area contributed by atoms with E-state index in [1.165, 1.54) is 69.4 Å². The van der Waals surface area contributed by atoms with E-state index in [1.54, 1.807) is 18.2 Å². The second-order valence-electron chi connectivity index (χ2n) is 10.3. The van der Waals surface area contributed by atoms with Crippen LogP contribution in [0.3, 0.4) is 0 Å². The van der Waals surface area contributed by atoms with Gasteiger partial charge in [0.2, 0.25) is 0 Å². The van der Waals surface area contributed by atoms with Crippen molar-refractivity contribution in [2.75, 3.05) is 0 Å². The van der Waals surface area contributed by atoms with Gasteiger partial charge in [-0.1, -0.05) is 96.3 Å². The number of halogens is 2. The summed E-state index contributed by atoms with van der Waals surface area (Å²) in [6, 6.07) is 10.1. The Kier molecular flexibility index (Phi) is 11.2. The van der Waals surface area contributed by atoms with E-state index in [2.05, 4.69) is 13.8 Å². The minimum absolute atomic E-state index is 0.337. The third-order valence-corrected chi connectivity index (χ3v) is 7.59. The predicted octanol–water partition coefficient (Wildman–Crippen LogP) is 9.24. The first-order valence-corrected chi connectivity index (χ1v) is 13.8. The average Bonchev–Trinajstić information content (AvgIpc) is 2.87. The summed E-state index contributed by atoms with van der Waals surface area (Å²) in [5, 5.41) is 0. The Morgan fingerprint density at radius 3 is 2.06 bits per heavy atom. The highest BCUT2D eigenvalue weighted by Gasteiger charge is 2.23. The Morgan fingerprint density at radius 2 is 1.40 bits per heavy atom. The van der Waals surface area contributed by atoms with Gasteiger partial charge >= 0.3 is 5.97 Å². The molecule has 0 aliphatic heterocycles. The standard InChI is InChI=1S/C31H42F2O2/c1-3-5-7-9-23-11-13-25(14-12-23)15-18-26-19-22-28(30(33)29(26)32)31(34)35-27-20-16-24(17-21-27)10-8-6-4-2/h16-17,19-23,25H,3-15,18H2,1-2H3. The number of unbranched alkanes of at least 4 members (excludes halogenated alkanes) is 4. The van der Waals surface area contributed by atoms with Gasteiger partial charge in [-0.15, -0.1) is 0 Å². The van der Waals surface area contributed by atoms with Crippen LogP contribution in [0, 0.1) is 23.5 Å². The molecule has 0 spiro atoms. The van der Waals surface area contributed by atoms with Gasteiger partial charge in [-0.25, -0.2) is 13.6 Å². The molecule has 1 aliphatic carbocycles. The summed E-state index contributed by atoms with van der Waals surface area (Å²) in [7, 11) is 0. The van der Waals surface area contributed by atoms with Crippen LogP contribution in [0.4, 0.5) is 8.78 Å². The molecule has 35 heavy (non-hydrogen) atoms. The van der Waals surface area contributed by atoms with E-state index in [1.807, 2.05) is 12.1 Å². The average molecular weight is 485 g/mol. The molecule has 2 aromatic rings. The summed E-state index contributed by atoms with van der Waals surface area (Å²) in [4.78, 5) is 12.5. The van der Waals surface area contributed by atoms with E-state index >= 15 is 0 Å². The van der Waals surface area contributed by atoms with Crippen molar-refractivity contribution in [2.24, 2.45) is 11.8 Å². The monoisotopic (exact) mass is 484 g/mol. The maximum Gasteiger partial charge on any atom is 0.346 e. The Labute approximate surface area is 210 Å². The number of benzene rings is 2. The quantitative estimate of drug-likeness (QED) is 0.161. The number of hydrogen-bond donors (Lipinski definition) is 0. The zero-order valence-electron chi connectivity index (χ0n) is 21.6. The first kappa shape index (κ1) is 27.4. The molecule has 1 aliphatic rings. The lowest BCUT2D eigenvalue weighted by atomic mass is 9.77.